The summed E-state index contributed by atoms with van der Waals surface area (Å²) in [5.74, 6) is -0.135. The van der Waals surface area contributed by atoms with Gasteiger partial charge in [-0.05, 0) is 31.5 Å². The number of allylic oxidation sites excluding steroid dienone is 1. The molecular formula is C20H20Cl2N2OS. The summed E-state index contributed by atoms with van der Waals surface area (Å²) in [7, 11) is 0. The van der Waals surface area contributed by atoms with Gasteiger partial charge in [0, 0.05) is 23.5 Å². The van der Waals surface area contributed by atoms with Crippen molar-refractivity contribution in [3.05, 3.63) is 75.4 Å². The van der Waals surface area contributed by atoms with Gasteiger partial charge in [0.2, 0.25) is 0 Å². The van der Waals surface area contributed by atoms with Gasteiger partial charge in [0.15, 0.2) is 5.78 Å². The Labute approximate surface area is 169 Å². The Morgan fingerprint density at radius 3 is 2.38 bits per heavy atom. The molecule has 0 aliphatic rings. The Kier molecular flexibility index (Phi) is 7.64. The number of benzene rings is 2. The summed E-state index contributed by atoms with van der Waals surface area (Å²) in [5, 5.41) is 7.22. The number of carbonyl (C=O) groups is 1. The Hall–Kier alpha value is -1.88. The monoisotopic (exact) mass is 406 g/mol. The van der Waals surface area contributed by atoms with Crippen LogP contribution in [0.3, 0.4) is 0 Å². The maximum Gasteiger partial charge on any atom is 0.197 e. The molecule has 3 nitrogen and oxygen atoms in total. The van der Waals surface area contributed by atoms with Gasteiger partial charge in [-0.25, -0.2) is 0 Å². The first-order chi connectivity index (χ1) is 12.4. The Morgan fingerprint density at radius 2 is 1.77 bits per heavy atom. The number of rotatable bonds is 7. The van der Waals surface area contributed by atoms with Crippen LogP contribution in [0, 0.1) is 0 Å². The molecule has 0 spiro atoms. The zero-order valence-electron chi connectivity index (χ0n) is 14.6. The Balaban J connectivity index is 2.35. The van der Waals surface area contributed by atoms with Crippen LogP contribution < -0.4 is 10.6 Å². The highest BCUT2D eigenvalue weighted by atomic mass is 35.5. The van der Waals surface area contributed by atoms with Crippen molar-refractivity contribution in [3.8, 4) is 0 Å². The summed E-state index contributed by atoms with van der Waals surface area (Å²) < 4.78 is 0. The second-order valence-corrected chi connectivity index (χ2v) is 6.93. The summed E-state index contributed by atoms with van der Waals surface area (Å²) in [6.07, 6.45) is 0.942. The van der Waals surface area contributed by atoms with Gasteiger partial charge in [0.25, 0.3) is 0 Å². The van der Waals surface area contributed by atoms with Crippen molar-refractivity contribution in [2.45, 2.75) is 20.3 Å². The molecule has 0 heterocycles. The summed E-state index contributed by atoms with van der Waals surface area (Å²) in [6, 6.07) is 14.2. The van der Waals surface area contributed by atoms with E-state index in [1.165, 1.54) is 0 Å². The quantitative estimate of drug-likeness (QED) is 0.341. The molecular weight excluding hydrogens is 387 g/mol. The van der Waals surface area contributed by atoms with Gasteiger partial charge in [0.05, 0.1) is 15.6 Å². The van der Waals surface area contributed by atoms with E-state index < -0.39 is 0 Å². The SMILES string of the molecule is CCCNC(C)=C(C(=O)c1ccccc1)C(=S)Nc1ccc(Cl)c(Cl)c1. The minimum absolute atomic E-state index is 0.135. The summed E-state index contributed by atoms with van der Waals surface area (Å²) in [5.41, 5.74) is 2.42. The van der Waals surface area contributed by atoms with Gasteiger partial charge < -0.3 is 10.6 Å². The fraction of sp³-hybridized carbons (Fsp3) is 0.200. The minimum Gasteiger partial charge on any atom is -0.388 e. The number of hydrogen-bond acceptors (Lipinski definition) is 3. The highest BCUT2D eigenvalue weighted by Crippen LogP contribution is 2.26. The normalized spacial score (nSPS) is 11.5. The Morgan fingerprint density at radius 1 is 1.08 bits per heavy atom. The second-order valence-electron chi connectivity index (χ2n) is 5.70. The lowest BCUT2D eigenvalue weighted by molar-refractivity contribution is 0.103. The zero-order chi connectivity index (χ0) is 19.1. The van der Waals surface area contributed by atoms with Gasteiger partial charge in [-0.1, -0.05) is 72.7 Å². The molecule has 0 aliphatic heterocycles. The van der Waals surface area contributed by atoms with E-state index in [4.69, 9.17) is 35.4 Å². The Bertz CT molecular complexity index is 835. The number of ketones is 1. The number of Topliss-reactive ketones (excluding diaryl/α,β-unsaturated/α-hetero) is 1. The van der Waals surface area contributed by atoms with E-state index in [0.29, 0.717) is 31.9 Å². The third-order valence-electron chi connectivity index (χ3n) is 3.68. The molecule has 2 aromatic rings. The maximum atomic E-state index is 13.0. The van der Waals surface area contributed by atoms with Gasteiger partial charge >= 0.3 is 0 Å². The van der Waals surface area contributed by atoms with Crippen LogP contribution in [0.5, 0.6) is 0 Å². The molecule has 0 saturated heterocycles. The van der Waals surface area contributed by atoms with Crippen molar-refractivity contribution in [1.29, 1.82) is 0 Å². The van der Waals surface area contributed by atoms with Crippen molar-refractivity contribution in [3.63, 3.8) is 0 Å². The largest absolute Gasteiger partial charge is 0.388 e. The molecule has 6 heteroatoms. The van der Waals surface area contributed by atoms with Crippen LogP contribution in [-0.4, -0.2) is 17.3 Å². The summed E-state index contributed by atoms with van der Waals surface area (Å²) in [4.78, 5) is 13.4. The maximum absolute atomic E-state index is 13.0. The van der Waals surface area contributed by atoms with Crippen LogP contribution in [0.2, 0.25) is 10.0 Å². The standard InChI is InChI=1S/C20H20Cl2N2OS/c1-3-11-23-13(2)18(19(25)14-7-5-4-6-8-14)20(26)24-15-9-10-16(21)17(22)12-15/h4-10,12,23H,3,11H2,1-2H3,(H,24,26). The lowest BCUT2D eigenvalue weighted by Crippen LogP contribution is -2.25. The smallest absolute Gasteiger partial charge is 0.197 e. The first-order valence-corrected chi connectivity index (χ1v) is 9.41. The topological polar surface area (TPSA) is 41.1 Å². The van der Waals surface area contributed by atoms with E-state index in [1.54, 1.807) is 30.3 Å². The molecule has 0 atom stereocenters. The van der Waals surface area contributed by atoms with Crippen LogP contribution in [0.1, 0.15) is 30.6 Å². The van der Waals surface area contributed by atoms with Crippen LogP contribution in [0.25, 0.3) is 0 Å². The number of carbonyl (C=O) groups excluding carboxylic acids is 1. The highest BCUT2D eigenvalue weighted by molar-refractivity contribution is 7.81. The molecule has 0 radical (unpaired) electrons. The molecule has 2 N–H and O–H groups in total. The number of halogens is 2. The molecule has 0 unspecified atom stereocenters. The third-order valence-corrected chi connectivity index (χ3v) is 4.73. The number of anilines is 1. The molecule has 2 aromatic carbocycles. The number of hydrogen-bond donors (Lipinski definition) is 2. The highest BCUT2D eigenvalue weighted by Gasteiger charge is 2.20. The average Bonchev–Trinajstić information content (AvgIpc) is 2.63. The van der Waals surface area contributed by atoms with E-state index >= 15 is 0 Å². The minimum atomic E-state index is -0.135. The molecule has 0 fully saturated rings. The molecule has 0 aliphatic carbocycles. The number of thiocarbonyl (C=S) groups is 1. The van der Waals surface area contributed by atoms with E-state index in [9.17, 15) is 4.79 Å². The third kappa shape index (κ3) is 5.31. The van der Waals surface area contributed by atoms with Crippen LogP contribution in [0.15, 0.2) is 59.8 Å². The predicted molar refractivity (Wildman–Crippen MR) is 114 cm³/mol. The van der Waals surface area contributed by atoms with E-state index in [1.807, 2.05) is 25.1 Å². The zero-order valence-corrected chi connectivity index (χ0v) is 16.9. The van der Waals surface area contributed by atoms with Gasteiger partial charge in [-0.3, -0.25) is 4.79 Å². The van der Waals surface area contributed by atoms with E-state index in [-0.39, 0.29) is 5.78 Å². The summed E-state index contributed by atoms with van der Waals surface area (Å²) >= 11 is 17.5. The molecule has 0 aromatic heterocycles. The molecule has 0 bridgehead atoms. The number of nitrogens with one attached hydrogen (secondary N) is 2. The molecule has 0 amide bonds. The van der Waals surface area contributed by atoms with Crippen LogP contribution >= 0.6 is 35.4 Å². The second kappa shape index (κ2) is 9.72. The average molecular weight is 407 g/mol. The van der Waals surface area contributed by atoms with E-state index in [0.717, 1.165) is 18.7 Å². The fourth-order valence-electron chi connectivity index (χ4n) is 2.35. The first-order valence-electron chi connectivity index (χ1n) is 8.25. The summed E-state index contributed by atoms with van der Waals surface area (Å²) in [6.45, 7) is 4.67. The first kappa shape index (κ1) is 20.4. The lowest BCUT2D eigenvalue weighted by Gasteiger charge is -2.16. The van der Waals surface area contributed by atoms with Crippen LogP contribution in [-0.2, 0) is 0 Å². The predicted octanol–water partition coefficient (Wildman–Crippen LogP) is 5.89. The van der Waals surface area contributed by atoms with Gasteiger partial charge in [-0.15, -0.1) is 0 Å². The van der Waals surface area contributed by atoms with E-state index in [2.05, 4.69) is 17.6 Å². The lowest BCUT2D eigenvalue weighted by atomic mass is 10.0. The molecule has 2 rings (SSSR count). The molecule has 0 saturated carbocycles. The van der Waals surface area contributed by atoms with Gasteiger partial charge in [0.1, 0.15) is 4.99 Å². The van der Waals surface area contributed by atoms with Crippen LogP contribution in [0.4, 0.5) is 5.69 Å². The van der Waals surface area contributed by atoms with Crippen molar-refractivity contribution >= 4 is 51.9 Å². The van der Waals surface area contributed by atoms with Crippen molar-refractivity contribution in [2.24, 2.45) is 0 Å². The molecule has 26 heavy (non-hydrogen) atoms. The van der Waals surface area contributed by atoms with Gasteiger partial charge in [-0.2, -0.15) is 0 Å². The fourth-order valence-corrected chi connectivity index (χ4v) is 3.01. The van der Waals surface area contributed by atoms with Crippen molar-refractivity contribution < 1.29 is 4.79 Å². The van der Waals surface area contributed by atoms with Crippen molar-refractivity contribution in [1.82, 2.24) is 5.32 Å². The van der Waals surface area contributed by atoms with Crippen molar-refractivity contribution in [2.75, 3.05) is 11.9 Å². The molecule has 136 valence electrons.